The Hall–Kier alpha value is -1.79. The van der Waals surface area contributed by atoms with Gasteiger partial charge in [0.15, 0.2) is 0 Å². The summed E-state index contributed by atoms with van der Waals surface area (Å²) in [6.45, 7) is 6.33. The number of pyridine rings is 2. The maximum absolute atomic E-state index is 12.8. The summed E-state index contributed by atoms with van der Waals surface area (Å²) in [6, 6.07) is 0.634. The molecular weight excluding hydrogens is 328 g/mol. The monoisotopic (exact) mass is 348 g/mol. The van der Waals surface area contributed by atoms with E-state index in [9.17, 15) is 4.79 Å². The second-order valence-corrected chi connectivity index (χ2v) is 7.25. The molecule has 24 heavy (non-hydrogen) atoms. The summed E-state index contributed by atoms with van der Waals surface area (Å²) < 4.78 is 7.47. The number of hydrogen-bond donors (Lipinski definition) is 0. The fraction of sp³-hybridized carbons (Fsp3) is 0.529. The fourth-order valence-electron chi connectivity index (χ4n) is 3.74. The van der Waals surface area contributed by atoms with Gasteiger partial charge >= 0.3 is 0 Å². The number of aromatic nitrogens is 2. The van der Waals surface area contributed by atoms with E-state index in [2.05, 4.69) is 28.8 Å². The third kappa shape index (κ3) is 2.06. The number of anilines is 1. The Morgan fingerprint density at radius 3 is 2.83 bits per heavy atom. The molecule has 0 bridgehead atoms. The molecule has 2 aromatic heterocycles. The van der Waals surface area contributed by atoms with Crippen molar-refractivity contribution in [1.82, 2.24) is 14.5 Å². The van der Waals surface area contributed by atoms with Crippen molar-refractivity contribution in [2.75, 3.05) is 31.6 Å². The lowest BCUT2D eigenvalue weighted by atomic mass is 10.0. The molecule has 2 unspecified atom stereocenters. The zero-order valence-electron chi connectivity index (χ0n) is 14.3. The van der Waals surface area contributed by atoms with E-state index in [1.807, 2.05) is 13.1 Å². The Bertz CT molecular complexity index is 895. The number of hydrogen-bond acceptors (Lipinski definition) is 5. The molecule has 0 aliphatic carbocycles. The first-order valence-electron chi connectivity index (χ1n) is 8.17. The van der Waals surface area contributed by atoms with E-state index in [4.69, 9.17) is 16.3 Å². The van der Waals surface area contributed by atoms with Crippen LogP contribution in [0.25, 0.3) is 10.9 Å². The third-order valence-corrected chi connectivity index (χ3v) is 5.79. The van der Waals surface area contributed by atoms with Gasteiger partial charge < -0.3 is 14.2 Å². The molecule has 2 atom stereocenters. The number of likely N-dealkylation sites (N-methyl/N-ethyl adjacent to an activating group) is 1. The number of halogens is 1. The van der Waals surface area contributed by atoms with Gasteiger partial charge in [-0.2, -0.15) is 0 Å². The van der Waals surface area contributed by atoms with E-state index in [1.165, 1.54) is 0 Å². The van der Waals surface area contributed by atoms with E-state index in [0.29, 0.717) is 23.4 Å². The quantitative estimate of drug-likeness (QED) is 0.726. The highest BCUT2D eigenvalue weighted by molar-refractivity contribution is 6.36. The third-order valence-electron chi connectivity index (χ3n) is 5.33. The molecule has 128 valence electrons. The first-order valence-corrected chi connectivity index (χ1v) is 8.55. The van der Waals surface area contributed by atoms with E-state index in [-0.39, 0.29) is 11.6 Å². The molecule has 7 heteroatoms. The molecule has 0 radical (unpaired) electrons. The molecule has 1 saturated heterocycles. The normalized spacial score (nSPS) is 23.8. The predicted octanol–water partition coefficient (Wildman–Crippen LogP) is 1.80. The second-order valence-electron chi connectivity index (χ2n) is 6.87. The molecular formula is C17H21ClN4O2. The maximum atomic E-state index is 12.8. The number of fused-ring (bicyclic) bond motifs is 5. The van der Waals surface area contributed by atoms with E-state index in [1.54, 1.807) is 11.6 Å². The molecule has 1 fully saturated rings. The number of aryl methyl sites for hydroxylation is 2. The number of ether oxygens (including phenoxy) is 1. The Morgan fingerprint density at radius 1 is 1.33 bits per heavy atom. The molecule has 2 aliphatic heterocycles. The van der Waals surface area contributed by atoms with Crippen molar-refractivity contribution in [2.45, 2.75) is 25.9 Å². The van der Waals surface area contributed by atoms with Crippen LogP contribution in [0, 0.1) is 6.92 Å². The van der Waals surface area contributed by atoms with Crippen molar-refractivity contribution < 1.29 is 4.74 Å². The topological polar surface area (TPSA) is 50.6 Å². The summed E-state index contributed by atoms with van der Waals surface area (Å²) in [5.74, 6) is 0.416. The predicted molar refractivity (Wildman–Crippen MR) is 95.5 cm³/mol. The fourth-order valence-corrected chi connectivity index (χ4v) is 4.02. The Balaban J connectivity index is 2.03. The Morgan fingerprint density at radius 2 is 2.08 bits per heavy atom. The van der Waals surface area contributed by atoms with Crippen LogP contribution >= 0.6 is 11.6 Å². The Kier molecular flexibility index (Phi) is 3.51. The standard InChI is InChI=1S/C17H21ClN4O2/c1-9-6-22-11(7-20(9)3)8-24-16-15(22)12-5-19-10(2)13(18)14(12)21(4)17(16)23/h5,9,11H,6-8H2,1-4H3. The lowest BCUT2D eigenvalue weighted by Crippen LogP contribution is -2.60. The van der Waals surface area contributed by atoms with Crippen molar-refractivity contribution in [1.29, 1.82) is 0 Å². The molecule has 2 aliphatic rings. The largest absolute Gasteiger partial charge is 0.484 e. The van der Waals surface area contributed by atoms with Crippen LogP contribution in [0.15, 0.2) is 11.0 Å². The average molecular weight is 349 g/mol. The Labute approximate surface area is 145 Å². The molecule has 2 aromatic rings. The average Bonchev–Trinajstić information content (AvgIpc) is 2.55. The van der Waals surface area contributed by atoms with Crippen LogP contribution in [0.1, 0.15) is 12.6 Å². The molecule has 4 heterocycles. The summed E-state index contributed by atoms with van der Waals surface area (Å²) in [4.78, 5) is 21.9. The highest BCUT2D eigenvalue weighted by Crippen LogP contribution is 2.41. The maximum Gasteiger partial charge on any atom is 0.295 e. The molecule has 0 spiro atoms. The highest BCUT2D eigenvalue weighted by atomic mass is 35.5. The number of piperazine rings is 1. The first-order chi connectivity index (χ1) is 11.4. The van der Waals surface area contributed by atoms with Gasteiger partial charge in [-0.15, -0.1) is 0 Å². The van der Waals surface area contributed by atoms with Gasteiger partial charge in [-0.25, -0.2) is 0 Å². The van der Waals surface area contributed by atoms with Crippen LogP contribution < -0.4 is 15.2 Å². The van der Waals surface area contributed by atoms with Gasteiger partial charge in [-0.3, -0.25) is 14.7 Å². The minimum Gasteiger partial charge on any atom is -0.484 e. The zero-order valence-corrected chi connectivity index (χ0v) is 15.1. The molecule has 0 amide bonds. The van der Waals surface area contributed by atoms with Gasteiger partial charge in [-0.1, -0.05) is 11.6 Å². The lowest BCUT2D eigenvalue weighted by molar-refractivity contribution is 0.151. The SMILES string of the molecule is Cc1ncc2c3c(c(=O)n(C)c2c1Cl)OCC1CN(C)C(C)CN31. The first kappa shape index (κ1) is 15.7. The van der Waals surface area contributed by atoms with Gasteiger partial charge in [0, 0.05) is 37.8 Å². The van der Waals surface area contributed by atoms with Crippen molar-refractivity contribution in [3.8, 4) is 5.75 Å². The molecule has 4 rings (SSSR count). The van der Waals surface area contributed by atoms with Gasteiger partial charge in [0.2, 0.25) is 5.75 Å². The van der Waals surface area contributed by atoms with Crippen molar-refractivity contribution in [3.05, 3.63) is 27.3 Å². The van der Waals surface area contributed by atoms with Crippen LogP contribution in [0.5, 0.6) is 5.75 Å². The van der Waals surface area contributed by atoms with Crippen LogP contribution in [0.4, 0.5) is 5.69 Å². The number of nitrogens with zero attached hydrogens (tertiary/aromatic N) is 4. The molecule has 0 saturated carbocycles. The van der Waals surface area contributed by atoms with Crippen LogP contribution in [-0.4, -0.2) is 53.3 Å². The van der Waals surface area contributed by atoms with Crippen LogP contribution in [0.3, 0.4) is 0 Å². The summed E-state index contributed by atoms with van der Waals surface area (Å²) in [5, 5.41) is 1.41. The summed E-state index contributed by atoms with van der Waals surface area (Å²) in [5.41, 5.74) is 2.15. The van der Waals surface area contributed by atoms with E-state index >= 15 is 0 Å². The molecule has 0 N–H and O–H groups in total. The lowest BCUT2D eigenvalue weighted by Gasteiger charge is -2.47. The van der Waals surface area contributed by atoms with Crippen LogP contribution in [-0.2, 0) is 7.05 Å². The number of rotatable bonds is 0. The summed E-state index contributed by atoms with van der Waals surface area (Å²) in [6.07, 6.45) is 1.81. The van der Waals surface area contributed by atoms with E-state index in [0.717, 1.165) is 35.4 Å². The molecule has 0 aromatic carbocycles. The smallest absolute Gasteiger partial charge is 0.295 e. The molecule has 6 nitrogen and oxygen atoms in total. The summed E-state index contributed by atoms with van der Waals surface area (Å²) in [7, 11) is 3.86. The zero-order chi connectivity index (χ0) is 17.2. The van der Waals surface area contributed by atoms with Crippen LogP contribution in [0.2, 0.25) is 5.02 Å². The minimum atomic E-state index is -0.143. The minimum absolute atomic E-state index is 0.143. The highest BCUT2D eigenvalue weighted by Gasteiger charge is 2.37. The van der Waals surface area contributed by atoms with Crippen molar-refractivity contribution in [2.24, 2.45) is 7.05 Å². The second kappa shape index (κ2) is 5.36. The van der Waals surface area contributed by atoms with Crippen molar-refractivity contribution >= 4 is 28.2 Å². The van der Waals surface area contributed by atoms with Gasteiger partial charge in [0.25, 0.3) is 5.56 Å². The van der Waals surface area contributed by atoms with Gasteiger partial charge in [-0.05, 0) is 20.9 Å². The van der Waals surface area contributed by atoms with Gasteiger partial charge in [0.1, 0.15) is 6.61 Å². The van der Waals surface area contributed by atoms with Gasteiger partial charge in [0.05, 0.1) is 28.0 Å². The summed E-state index contributed by atoms with van der Waals surface area (Å²) >= 11 is 6.48. The van der Waals surface area contributed by atoms with E-state index < -0.39 is 0 Å². The van der Waals surface area contributed by atoms with Crippen molar-refractivity contribution in [3.63, 3.8) is 0 Å².